The average molecular weight is 229 g/mol. The van der Waals surface area contributed by atoms with Crippen molar-refractivity contribution in [2.24, 2.45) is 0 Å². The van der Waals surface area contributed by atoms with E-state index in [9.17, 15) is 5.11 Å². The maximum Gasteiger partial charge on any atom is 0.133 e. The summed E-state index contributed by atoms with van der Waals surface area (Å²) in [5.74, 6) is 0.621. The highest BCUT2D eigenvalue weighted by Gasteiger charge is 2.06. The van der Waals surface area contributed by atoms with Gasteiger partial charge in [0.1, 0.15) is 5.75 Å². The molecule has 74 valence electrons. The minimum atomic E-state index is 0.00892. The number of aliphatic hydroxyl groups excluding tert-OH is 1. The van der Waals surface area contributed by atoms with Crippen LogP contribution in [0, 0.1) is 0 Å². The average Bonchev–Trinajstić information content (AvgIpc) is 2.61. The van der Waals surface area contributed by atoms with Crippen molar-refractivity contribution in [3.8, 4) is 5.75 Å². The highest BCUT2D eigenvalue weighted by atomic mass is 35.5. The molecule has 0 saturated carbocycles. The number of benzene rings is 1. The second-order valence-electron chi connectivity index (χ2n) is 3.04. The Kier molecular flexibility index (Phi) is 2.63. The first kappa shape index (κ1) is 9.77. The maximum atomic E-state index is 9.66. The van der Waals surface area contributed by atoms with Crippen LogP contribution in [0.1, 0.15) is 10.4 Å². The lowest BCUT2D eigenvalue weighted by molar-refractivity contribution is 0.285. The van der Waals surface area contributed by atoms with Gasteiger partial charge in [0.05, 0.1) is 11.3 Å². The van der Waals surface area contributed by atoms with Crippen LogP contribution in [0.5, 0.6) is 5.75 Å². The summed E-state index contributed by atoms with van der Waals surface area (Å²) in [7, 11) is 0. The van der Waals surface area contributed by atoms with Gasteiger partial charge in [0.25, 0.3) is 0 Å². The summed E-state index contributed by atoms with van der Waals surface area (Å²) in [4.78, 5) is 0.849. The van der Waals surface area contributed by atoms with E-state index < -0.39 is 0 Å². The number of hydrogen-bond acceptors (Lipinski definition) is 3. The van der Waals surface area contributed by atoms with E-state index in [1.807, 2.05) is 12.1 Å². The van der Waals surface area contributed by atoms with Gasteiger partial charge in [-0.15, -0.1) is 22.9 Å². The van der Waals surface area contributed by atoms with E-state index in [1.165, 1.54) is 11.3 Å². The predicted octanol–water partition coefficient (Wildman–Crippen LogP) is 2.84. The summed E-state index contributed by atoms with van der Waals surface area (Å²) < 4.78 is 0.808. The van der Waals surface area contributed by atoms with Gasteiger partial charge in [-0.1, -0.05) is 0 Å². The number of halogens is 1. The van der Waals surface area contributed by atoms with Gasteiger partial charge in [0, 0.05) is 10.8 Å². The summed E-state index contributed by atoms with van der Waals surface area (Å²) in [5, 5.41) is 19.6. The molecular formula is C10H9ClO2S. The van der Waals surface area contributed by atoms with Gasteiger partial charge >= 0.3 is 0 Å². The summed E-state index contributed by atoms with van der Waals surface area (Å²) >= 11 is 7.08. The van der Waals surface area contributed by atoms with Crippen LogP contribution in [0.15, 0.2) is 18.2 Å². The molecule has 2 nitrogen and oxygen atoms in total. The van der Waals surface area contributed by atoms with E-state index in [0.717, 1.165) is 20.5 Å². The molecule has 0 amide bonds. The molecule has 1 aromatic carbocycles. The molecule has 0 radical (unpaired) electrons. The molecule has 0 unspecified atom stereocenters. The Morgan fingerprint density at radius 3 is 2.71 bits per heavy atom. The number of hydrogen-bond donors (Lipinski definition) is 2. The van der Waals surface area contributed by atoms with E-state index in [0.29, 0.717) is 5.88 Å². The van der Waals surface area contributed by atoms with Crippen molar-refractivity contribution in [2.75, 3.05) is 0 Å². The smallest absolute Gasteiger partial charge is 0.133 e. The van der Waals surface area contributed by atoms with Gasteiger partial charge in [-0.25, -0.2) is 0 Å². The minimum Gasteiger partial charge on any atom is -0.506 e. The standard InChI is InChI=1S/C10H9ClO2S/c11-4-6-1-7-3-8(5-12)14-10(7)9(13)2-6/h1-3,12-13H,4-5H2. The SMILES string of the molecule is OCc1cc2cc(CCl)cc(O)c2s1. The first-order valence-corrected chi connectivity index (χ1v) is 5.51. The normalized spacial score (nSPS) is 11.0. The number of rotatable bonds is 2. The van der Waals surface area contributed by atoms with Crippen LogP contribution < -0.4 is 0 Å². The summed E-state index contributed by atoms with van der Waals surface area (Å²) in [6.07, 6.45) is 0. The molecule has 0 fully saturated rings. The van der Waals surface area contributed by atoms with Crippen molar-refractivity contribution in [1.29, 1.82) is 0 Å². The van der Waals surface area contributed by atoms with Crippen molar-refractivity contribution in [3.05, 3.63) is 28.6 Å². The first-order chi connectivity index (χ1) is 6.74. The van der Waals surface area contributed by atoms with Gasteiger partial charge < -0.3 is 10.2 Å². The van der Waals surface area contributed by atoms with E-state index in [2.05, 4.69) is 0 Å². The predicted molar refractivity (Wildman–Crippen MR) is 59.0 cm³/mol. The molecule has 2 N–H and O–H groups in total. The molecule has 0 spiro atoms. The Balaban J connectivity index is 2.67. The Morgan fingerprint density at radius 2 is 2.07 bits per heavy atom. The first-order valence-electron chi connectivity index (χ1n) is 4.15. The lowest BCUT2D eigenvalue weighted by Gasteiger charge is -1.98. The van der Waals surface area contributed by atoms with Crippen molar-refractivity contribution >= 4 is 33.0 Å². The lowest BCUT2D eigenvalue weighted by Crippen LogP contribution is -1.76. The lowest BCUT2D eigenvalue weighted by atomic mass is 10.1. The molecule has 0 aliphatic rings. The zero-order chi connectivity index (χ0) is 10.1. The van der Waals surface area contributed by atoms with Gasteiger partial charge in [-0.2, -0.15) is 0 Å². The fourth-order valence-corrected chi connectivity index (χ4v) is 2.47. The molecule has 14 heavy (non-hydrogen) atoms. The Morgan fingerprint density at radius 1 is 1.29 bits per heavy atom. The molecule has 0 aliphatic carbocycles. The van der Waals surface area contributed by atoms with Crippen LogP contribution in [0.4, 0.5) is 0 Å². The van der Waals surface area contributed by atoms with Crippen LogP contribution >= 0.6 is 22.9 Å². The number of phenols is 1. The zero-order valence-electron chi connectivity index (χ0n) is 7.33. The molecule has 0 saturated heterocycles. The van der Waals surface area contributed by atoms with Crippen molar-refractivity contribution < 1.29 is 10.2 Å². The quantitative estimate of drug-likeness (QED) is 0.776. The topological polar surface area (TPSA) is 40.5 Å². The van der Waals surface area contributed by atoms with Crippen LogP contribution in [0.3, 0.4) is 0 Å². The number of aromatic hydroxyl groups is 1. The molecule has 2 rings (SSSR count). The van der Waals surface area contributed by atoms with Crippen molar-refractivity contribution in [2.45, 2.75) is 12.5 Å². The van der Waals surface area contributed by atoms with Crippen molar-refractivity contribution in [3.63, 3.8) is 0 Å². The monoisotopic (exact) mass is 228 g/mol. The van der Waals surface area contributed by atoms with Gasteiger partial charge in [-0.3, -0.25) is 0 Å². The van der Waals surface area contributed by atoms with E-state index in [4.69, 9.17) is 16.7 Å². The van der Waals surface area contributed by atoms with Crippen molar-refractivity contribution in [1.82, 2.24) is 0 Å². The molecule has 1 heterocycles. The molecule has 0 bridgehead atoms. The van der Waals surface area contributed by atoms with Crippen LogP contribution in [-0.4, -0.2) is 10.2 Å². The fourth-order valence-electron chi connectivity index (χ4n) is 1.40. The largest absolute Gasteiger partial charge is 0.506 e. The maximum absolute atomic E-state index is 9.66. The Labute approximate surface area is 90.4 Å². The minimum absolute atomic E-state index is 0.00892. The van der Waals surface area contributed by atoms with Crippen LogP contribution in [0.2, 0.25) is 0 Å². The third-order valence-corrected chi connectivity index (χ3v) is 3.48. The number of fused-ring (bicyclic) bond motifs is 1. The third kappa shape index (κ3) is 1.59. The number of phenolic OH excluding ortho intramolecular Hbond substituents is 1. The Hall–Kier alpha value is -0.770. The molecule has 2 aromatic rings. The summed E-state index contributed by atoms with van der Waals surface area (Å²) in [5.41, 5.74) is 0.888. The van der Waals surface area contributed by atoms with Gasteiger partial charge in [-0.05, 0) is 29.1 Å². The second-order valence-corrected chi connectivity index (χ2v) is 4.44. The van der Waals surface area contributed by atoms with E-state index >= 15 is 0 Å². The molecule has 0 aliphatic heterocycles. The molecule has 0 atom stereocenters. The fraction of sp³-hybridized carbons (Fsp3) is 0.200. The highest BCUT2D eigenvalue weighted by Crippen LogP contribution is 2.34. The van der Waals surface area contributed by atoms with E-state index in [-0.39, 0.29) is 12.4 Å². The van der Waals surface area contributed by atoms with Crippen LogP contribution in [-0.2, 0) is 12.5 Å². The third-order valence-electron chi connectivity index (χ3n) is 2.02. The number of thiophene rings is 1. The molecular weight excluding hydrogens is 220 g/mol. The van der Waals surface area contributed by atoms with E-state index in [1.54, 1.807) is 6.07 Å². The second kappa shape index (κ2) is 3.77. The number of aliphatic hydroxyl groups is 1. The zero-order valence-corrected chi connectivity index (χ0v) is 8.90. The highest BCUT2D eigenvalue weighted by molar-refractivity contribution is 7.19. The summed E-state index contributed by atoms with van der Waals surface area (Å²) in [6, 6.07) is 5.46. The molecule has 1 aromatic heterocycles. The molecule has 4 heteroatoms. The van der Waals surface area contributed by atoms with Gasteiger partial charge in [0.2, 0.25) is 0 Å². The van der Waals surface area contributed by atoms with Gasteiger partial charge in [0.15, 0.2) is 0 Å². The summed E-state index contributed by atoms with van der Waals surface area (Å²) in [6.45, 7) is 0.00892. The number of alkyl halides is 1. The Bertz CT molecular complexity index is 464. The van der Waals surface area contributed by atoms with Crippen LogP contribution in [0.25, 0.3) is 10.1 Å².